The van der Waals surface area contributed by atoms with Gasteiger partial charge in [0.25, 0.3) is 0 Å². The van der Waals surface area contributed by atoms with Gasteiger partial charge in [-0.2, -0.15) is 5.26 Å². The van der Waals surface area contributed by atoms with Gasteiger partial charge in [0, 0.05) is 11.6 Å². The Labute approximate surface area is 216 Å². The van der Waals surface area contributed by atoms with Crippen LogP contribution >= 0.6 is 27.7 Å². The van der Waals surface area contributed by atoms with Crippen molar-refractivity contribution in [2.24, 2.45) is 5.92 Å². The Kier molecular flexibility index (Phi) is 8.59. The zero-order chi connectivity index (χ0) is 25.7. The Morgan fingerprint density at radius 3 is 2.43 bits per heavy atom. The van der Waals surface area contributed by atoms with Crippen molar-refractivity contribution in [2.75, 3.05) is 25.3 Å². The Bertz CT molecular complexity index is 1230. The minimum Gasteiger partial charge on any atom is -0.496 e. The first-order valence-corrected chi connectivity index (χ1v) is 12.3. The number of halogens is 1. The molecule has 10 heteroatoms. The number of hydrogen-bond donors (Lipinski definition) is 2. The van der Waals surface area contributed by atoms with Crippen LogP contribution in [0.25, 0.3) is 0 Å². The molecule has 0 bridgehead atoms. The number of aryl methyl sites for hydroxylation is 2. The molecule has 0 fully saturated rings. The fraction of sp³-hybridized carbons (Fsp3) is 0.280. The van der Waals surface area contributed by atoms with Gasteiger partial charge in [-0.15, -0.1) is 0 Å². The molecule has 0 saturated heterocycles. The zero-order valence-corrected chi connectivity index (χ0v) is 22.0. The molecule has 0 aromatic heterocycles. The van der Waals surface area contributed by atoms with Gasteiger partial charge in [-0.1, -0.05) is 23.9 Å². The van der Waals surface area contributed by atoms with Crippen LogP contribution in [0.2, 0.25) is 0 Å². The van der Waals surface area contributed by atoms with E-state index < -0.39 is 23.7 Å². The lowest BCUT2D eigenvalue weighted by atomic mass is 9.78. The van der Waals surface area contributed by atoms with Gasteiger partial charge in [0.15, 0.2) is 0 Å². The predicted molar refractivity (Wildman–Crippen MR) is 137 cm³/mol. The van der Waals surface area contributed by atoms with Gasteiger partial charge < -0.3 is 20.1 Å². The average Bonchev–Trinajstić information content (AvgIpc) is 2.81. The summed E-state index contributed by atoms with van der Waals surface area (Å²) in [5.41, 5.74) is 3.43. The summed E-state index contributed by atoms with van der Waals surface area (Å²) >= 11 is 4.44. The van der Waals surface area contributed by atoms with Crippen LogP contribution in [0, 0.1) is 31.1 Å². The normalized spacial score (nSPS) is 17.3. The number of allylic oxidation sites excluding steroid dienone is 1. The molecule has 0 spiro atoms. The van der Waals surface area contributed by atoms with Crippen molar-refractivity contribution < 1.29 is 23.9 Å². The summed E-state index contributed by atoms with van der Waals surface area (Å²) in [6, 6.07) is 12.9. The van der Waals surface area contributed by atoms with Crippen LogP contribution in [0.5, 0.6) is 5.75 Å². The van der Waals surface area contributed by atoms with Gasteiger partial charge in [-0.25, -0.2) is 0 Å². The summed E-state index contributed by atoms with van der Waals surface area (Å²) in [6.07, 6.45) is 0. The quantitative estimate of drug-likeness (QED) is 0.387. The summed E-state index contributed by atoms with van der Waals surface area (Å²) in [6.45, 7) is 3.88. The Morgan fingerprint density at radius 2 is 1.86 bits per heavy atom. The number of nitriles is 1. The molecule has 35 heavy (non-hydrogen) atoms. The van der Waals surface area contributed by atoms with Crippen molar-refractivity contribution in [3.05, 3.63) is 68.2 Å². The highest BCUT2D eigenvalue weighted by atomic mass is 79.9. The second-order valence-electron chi connectivity index (χ2n) is 7.93. The van der Waals surface area contributed by atoms with E-state index in [-0.39, 0.29) is 22.3 Å². The number of nitrogens with one attached hydrogen (secondary N) is 2. The van der Waals surface area contributed by atoms with E-state index in [0.29, 0.717) is 21.5 Å². The molecule has 0 radical (unpaired) electrons. The monoisotopic (exact) mass is 557 g/mol. The number of thioether (sulfide) groups is 1. The van der Waals surface area contributed by atoms with Crippen molar-refractivity contribution in [2.45, 2.75) is 19.8 Å². The highest BCUT2D eigenvalue weighted by Gasteiger charge is 2.44. The summed E-state index contributed by atoms with van der Waals surface area (Å²) in [5.74, 6) is -3.30. The number of methoxy groups -OCH3 is 2. The molecule has 1 aliphatic rings. The number of ether oxygens (including phenoxy) is 2. The number of benzene rings is 2. The number of nitrogens with zero attached hydrogens (tertiary/aromatic N) is 1. The van der Waals surface area contributed by atoms with E-state index in [1.54, 1.807) is 18.2 Å². The van der Waals surface area contributed by atoms with Crippen LogP contribution in [0.4, 0.5) is 5.69 Å². The Morgan fingerprint density at radius 1 is 1.17 bits per heavy atom. The fourth-order valence-corrected chi connectivity index (χ4v) is 5.34. The SMILES string of the molecule is COC(=O)[C@H]1C(=O)NC(SCC(=O)Nc2cc(C)cc(C)c2)=C(C#N)[C@H]1c1ccc(OC)c(Br)c1. The Balaban J connectivity index is 1.92. The lowest BCUT2D eigenvalue weighted by Gasteiger charge is -2.31. The molecule has 3 rings (SSSR count). The molecule has 0 aliphatic carbocycles. The molecule has 1 heterocycles. The standard InChI is InChI=1S/C25H24BrN3O5S/c1-13-7-14(2)9-16(8-13)28-20(30)12-35-24-17(11-27)21(22(23(31)29-24)25(32)34-4)15-5-6-19(33-3)18(26)10-15/h5-10,21-22H,12H2,1-4H3,(H,28,30)(H,29,31)/t21-,22-/m1/s1. The van der Waals surface area contributed by atoms with Crippen LogP contribution in [0.1, 0.15) is 22.6 Å². The summed E-state index contributed by atoms with van der Waals surface area (Å²) in [4.78, 5) is 38.1. The van der Waals surface area contributed by atoms with Gasteiger partial charge in [0.05, 0.1) is 41.1 Å². The number of carbonyl (C=O) groups excluding carboxylic acids is 3. The van der Waals surface area contributed by atoms with Crippen molar-refractivity contribution in [3.8, 4) is 11.8 Å². The molecule has 2 aromatic rings. The molecule has 8 nitrogen and oxygen atoms in total. The maximum absolute atomic E-state index is 13.0. The van der Waals surface area contributed by atoms with Crippen LogP contribution in [-0.2, 0) is 19.1 Å². The lowest BCUT2D eigenvalue weighted by molar-refractivity contribution is -0.150. The van der Waals surface area contributed by atoms with Crippen LogP contribution in [-0.4, -0.2) is 37.8 Å². The van der Waals surface area contributed by atoms with Crippen LogP contribution in [0.3, 0.4) is 0 Å². The fourth-order valence-electron chi connectivity index (χ4n) is 3.94. The van der Waals surface area contributed by atoms with E-state index in [0.717, 1.165) is 22.9 Å². The molecule has 0 unspecified atom stereocenters. The first-order valence-electron chi connectivity index (χ1n) is 10.6. The first kappa shape index (κ1) is 26.3. The molecular weight excluding hydrogens is 534 g/mol. The molecule has 0 saturated carbocycles. The van der Waals surface area contributed by atoms with Crippen molar-refractivity contribution >= 4 is 51.2 Å². The van der Waals surface area contributed by atoms with Crippen LogP contribution < -0.4 is 15.4 Å². The average molecular weight is 558 g/mol. The smallest absolute Gasteiger partial charge is 0.319 e. The van der Waals surface area contributed by atoms with E-state index in [1.165, 1.54) is 14.2 Å². The van der Waals surface area contributed by atoms with Gasteiger partial charge in [-0.05, 0) is 70.7 Å². The molecule has 182 valence electrons. The third kappa shape index (κ3) is 6.05. The van der Waals surface area contributed by atoms with Crippen molar-refractivity contribution in [3.63, 3.8) is 0 Å². The number of hydrogen-bond acceptors (Lipinski definition) is 7. The Hall–Kier alpha value is -3.29. The summed E-state index contributed by atoms with van der Waals surface area (Å²) in [5, 5.41) is 15.7. The predicted octanol–water partition coefficient (Wildman–Crippen LogP) is 4.18. The van der Waals surface area contributed by atoms with Gasteiger partial charge in [-0.3, -0.25) is 14.4 Å². The third-order valence-corrected chi connectivity index (χ3v) is 7.01. The summed E-state index contributed by atoms with van der Waals surface area (Å²) < 4.78 is 10.7. The van der Waals surface area contributed by atoms with Gasteiger partial charge in [0.1, 0.15) is 11.7 Å². The largest absolute Gasteiger partial charge is 0.496 e. The topological polar surface area (TPSA) is 118 Å². The minimum absolute atomic E-state index is 0.0459. The number of esters is 1. The van der Waals surface area contributed by atoms with E-state index in [1.807, 2.05) is 32.0 Å². The first-order chi connectivity index (χ1) is 16.7. The lowest BCUT2D eigenvalue weighted by Crippen LogP contribution is -2.44. The summed E-state index contributed by atoms with van der Waals surface area (Å²) in [7, 11) is 2.71. The molecule has 2 N–H and O–H groups in total. The van der Waals surface area contributed by atoms with Crippen LogP contribution in [0.15, 0.2) is 51.5 Å². The number of carbonyl (C=O) groups is 3. The minimum atomic E-state index is -1.26. The number of rotatable bonds is 7. The third-order valence-electron chi connectivity index (χ3n) is 5.37. The van der Waals surface area contributed by atoms with E-state index >= 15 is 0 Å². The molecule has 2 atom stereocenters. The second-order valence-corrected chi connectivity index (χ2v) is 9.77. The zero-order valence-electron chi connectivity index (χ0n) is 19.6. The maximum atomic E-state index is 13.0. The van der Waals surface area contributed by atoms with Crippen molar-refractivity contribution in [1.29, 1.82) is 5.26 Å². The maximum Gasteiger partial charge on any atom is 0.319 e. The van der Waals surface area contributed by atoms with E-state index in [9.17, 15) is 19.6 Å². The second kappa shape index (κ2) is 11.4. The molecular formula is C25H24BrN3O5S. The molecule has 2 amide bonds. The number of anilines is 1. The van der Waals surface area contributed by atoms with Gasteiger partial charge in [0.2, 0.25) is 11.8 Å². The highest BCUT2D eigenvalue weighted by Crippen LogP contribution is 2.42. The van der Waals surface area contributed by atoms with E-state index in [4.69, 9.17) is 9.47 Å². The molecule has 2 aromatic carbocycles. The van der Waals surface area contributed by atoms with Gasteiger partial charge >= 0.3 is 5.97 Å². The molecule has 1 aliphatic heterocycles. The number of amides is 2. The van der Waals surface area contributed by atoms with Crippen molar-refractivity contribution in [1.82, 2.24) is 5.32 Å². The highest BCUT2D eigenvalue weighted by molar-refractivity contribution is 9.10. The van der Waals surface area contributed by atoms with E-state index in [2.05, 4.69) is 32.6 Å².